The average molecular weight is 547 g/mol. The summed E-state index contributed by atoms with van der Waals surface area (Å²) in [6, 6.07) is 12.7. The lowest BCUT2D eigenvalue weighted by Crippen LogP contribution is -2.35. The minimum absolute atomic E-state index is 0.0544. The molecule has 0 radical (unpaired) electrons. The zero-order valence-electron chi connectivity index (χ0n) is 21.0. The second-order valence-corrected chi connectivity index (χ2v) is 10.3. The summed E-state index contributed by atoms with van der Waals surface area (Å²) in [5.74, 6) is 0.186. The van der Waals surface area contributed by atoms with Gasteiger partial charge >= 0.3 is 6.18 Å². The molecule has 2 aromatic rings. The fourth-order valence-corrected chi connectivity index (χ4v) is 4.29. The summed E-state index contributed by atoms with van der Waals surface area (Å²) in [4.78, 5) is 16.1. The van der Waals surface area contributed by atoms with Crippen molar-refractivity contribution in [2.45, 2.75) is 32.4 Å². The Morgan fingerprint density at radius 3 is 2.34 bits per heavy atom. The van der Waals surface area contributed by atoms with Gasteiger partial charge in [-0.05, 0) is 58.6 Å². The van der Waals surface area contributed by atoms with Crippen LogP contribution in [0.3, 0.4) is 0 Å². The number of nitrogens with one attached hydrogen (secondary N) is 1. The van der Waals surface area contributed by atoms with E-state index < -0.39 is 23.0 Å². The van der Waals surface area contributed by atoms with Crippen LogP contribution in [0.1, 0.15) is 31.9 Å². The number of amides is 1. The van der Waals surface area contributed by atoms with Gasteiger partial charge in [0.1, 0.15) is 19.0 Å². The van der Waals surface area contributed by atoms with Crippen molar-refractivity contribution in [3.63, 3.8) is 0 Å². The van der Waals surface area contributed by atoms with Crippen molar-refractivity contribution in [3.05, 3.63) is 59.2 Å². The molecule has 2 aliphatic rings. The molecule has 200 valence electrons. The van der Waals surface area contributed by atoms with Crippen molar-refractivity contribution >= 4 is 39.8 Å². The summed E-state index contributed by atoms with van der Waals surface area (Å²) in [5.41, 5.74) is 1.51. The van der Waals surface area contributed by atoms with E-state index in [-0.39, 0.29) is 34.5 Å². The number of hydrazone groups is 1. The monoisotopic (exact) mass is 546 g/mol. The number of thioether (sulfide) groups is 1. The molecule has 38 heavy (non-hydrogen) atoms. The Balaban J connectivity index is 1.41. The van der Waals surface area contributed by atoms with E-state index in [1.807, 2.05) is 24.3 Å². The highest BCUT2D eigenvalue weighted by atomic mass is 32.2. The van der Waals surface area contributed by atoms with Gasteiger partial charge in [0.15, 0.2) is 17.3 Å². The molecule has 0 unspecified atom stereocenters. The molecule has 0 aromatic heterocycles. The normalized spacial score (nSPS) is 16.8. The molecule has 1 N–H and O–H groups in total. The average Bonchev–Trinajstić information content (AvgIpc) is 3.29. The number of carbonyl (C=O) groups excluding carboxylic acids is 1. The fourth-order valence-electron chi connectivity index (χ4n) is 3.53. The molecule has 1 amide bonds. The first-order chi connectivity index (χ1) is 17.9. The molecular formula is C26H25F3N4O4S. The predicted octanol–water partition coefficient (Wildman–Crippen LogP) is 5.63. The Labute approximate surface area is 221 Å². The van der Waals surface area contributed by atoms with Gasteiger partial charge in [-0.15, -0.1) is 0 Å². The third kappa shape index (κ3) is 6.01. The van der Waals surface area contributed by atoms with Crippen molar-refractivity contribution in [2.24, 2.45) is 10.1 Å². The van der Waals surface area contributed by atoms with Crippen LogP contribution in [-0.4, -0.2) is 53.5 Å². The molecule has 0 saturated carbocycles. The number of aliphatic imine (C=N–C) groups is 1. The quantitative estimate of drug-likeness (QED) is 0.357. The molecule has 2 aliphatic heterocycles. The Kier molecular flexibility index (Phi) is 7.54. The fraction of sp³-hybridized carbons (Fsp3) is 0.308. The molecule has 2 aromatic carbocycles. The van der Waals surface area contributed by atoms with Crippen LogP contribution in [0.25, 0.3) is 6.08 Å². The lowest BCUT2D eigenvalue weighted by Gasteiger charge is -2.20. The van der Waals surface area contributed by atoms with Gasteiger partial charge in [0, 0.05) is 0 Å². The van der Waals surface area contributed by atoms with Gasteiger partial charge in [-0.1, -0.05) is 39.0 Å². The van der Waals surface area contributed by atoms with E-state index in [2.05, 4.69) is 30.9 Å². The summed E-state index contributed by atoms with van der Waals surface area (Å²) in [7, 11) is 1.45. The molecule has 0 spiro atoms. The first kappa shape index (κ1) is 27.2. The minimum atomic E-state index is -4.71. The van der Waals surface area contributed by atoms with E-state index in [9.17, 15) is 18.0 Å². The topological polar surface area (TPSA) is 96.6 Å². The molecule has 2 heterocycles. The number of amidine groups is 2. The zero-order valence-corrected chi connectivity index (χ0v) is 21.9. The smallest absolute Gasteiger partial charge is 0.441 e. The van der Waals surface area contributed by atoms with Crippen molar-refractivity contribution in [2.75, 3.05) is 20.3 Å². The van der Waals surface area contributed by atoms with Crippen LogP contribution in [-0.2, 0) is 10.2 Å². The Morgan fingerprint density at radius 2 is 1.71 bits per heavy atom. The van der Waals surface area contributed by atoms with Crippen LogP contribution >= 0.6 is 11.8 Å². The highest BCUT2D eigenvalue weighted by Crippen LogP contribution is 2.36. The Hall–Kier alpha value is -3.80. The summed E-state index contributed by atoms with van der Waals surface area (Å²) < 4.78 is 55.9. The third-order valence-electron chi connectivity index (χ3n) is 5.53. The van der Waals surface area contributed by atoms with Gasteiger partial charge in [0.25, 0.3) is 5.91 Å². The summed E-state index contributed by atoms with van der Waals surface area (Å²) >= 11 is 0.200. The lowest BCUT2D eigenvalue weighted by atomic mass is 9.87. The lowest BCUT2D eigenvalue weighted by molar-refractivity contribution is -0.114. The molecule has 0 saturated heterocycles. The van der Waals surface area contributed by atoms with Gasteiger partial charge < -0.3 is 14.2 Å². The SMILES string of the molecule is COc1cc(C=C2C(=N)N3N=C(C(F)(F)F)SC3=NC2=O)ccc1OCCOc1ccc(C(C)(C)C)cc1. The van der Waals surface area contributed by atoms with Gasteiger partial charge in [0.05, 0.1) is 12.7 Å². The summed E-state index contributed by atoms with van der Waals surface area (Å²) in [6.45, 7) is 6.96. The number of halogens is 3. The molecule has 4 rings (SSSR count). The second-order valence-electron chi connectivity index (χ2n) is 9.30. The molecule has 0 aliphatic carbocycles. The highest BCUT2D eigenvalue weighted by Gasteiger charge is 2.46. The maximum absolute atomic E-state index is 13.0. The van der Waals surface area contributed by atoms with E-state index in [0.717, 1.165) is 5.75 Å². The van der Waals surface area contributed by atoms with Crippen molar-refractivity contribution in [1.82, 2.24) is 5.01 Å². The first-order valence-electron chi connectivity index (χ1n) is 11.5. The number of fused-ring (bicyclic) bond motifs is 1. The number of nitrogens with zero attached hydrogens (tertiary/aromatic N) is 3. The van der Waals surface area contributed by atoms with E-state index in [1.54, 1.807) is 18.2 Å². The van der Waals surface area contributed by atoms with Crippen LogP contribution in [0.5, 0.6) is 17.2 Å². The number of benzene rings is 2. The standard InChI is InChI=1S/C26H25F3N4O4S/c1-25(2,3)16-6-8-17(9-7-16)36-11-12-37-19-10-5-15(14-20(19)35-4)13-18-21(30)33-24(31-22(18)34)38-23(32-33)26(27,28)29/h5-10,13-14,30H,11-12H2,1-4H3. The van der Waals surface area contributed by atoms with Crippen LogP contribution < -0.4 is 14.2 Å². The maximum atomic E-state index is 13.0. The molecule has 8 nitrogen and oxygen atoms in total. The second kappa shape index (κ2) is 10.5. The summed E-state index contributed by atoms with van der Waals surface area (Å²) in [6.07, 6.45) is -3.36. The molecule has 0 fully saturated rings. The van der Waals surface area contributed by atoms with E-state index in [0.29, 0.717) is 28.7 Å². The predicted molar refractivity (Wildman–Crippen MR) is 140 cm³/mol. The van der Waals surface area contributed by atoms with Crippen LogP contribution in [0.15, 0.2) is 58.1 Å². The van der Waals surface area contributed by atoms with E-state index in [4.69, 9.17) is 19.6 Å². The number of hydrogen-bond donors (Lipinski definition) is 1. The minimum Gasteiger partial charge on any atom is -0.493 e. The van der Waals surface area contributed by atoms with Crippen LogP contribution in [0.2, 0.25) is 0 Å². The Morgan fingerprint density at radius 1 is 1.03 bits per heavy atom. The van der Waals surface area contributed by atoms with Gasteiger partial charge in [0.2, 0.25) is 10.2 Å². The number of hydrogen-bond acceptors (Lipinski definition) is 7. The number of methoxy groups -OCH3 is 1. The number of rotatable bonds is 7. The zero-order chi connectivity index (χ0) is 27.7. The van der Waals surface area contributed by atoms with E-state index in [1.165, 1.54) is 18.7 Å². The van der Waals surface area contributed by atoms with Crippen molar-refractivity contribution < 1.29 is 32.2 Å². The first-order valence-corrected chi connectivity index (χ1v) is 12.3. The number of carbonyl (C=O) groups is 1. The van der Waals surface area contributed by atoms with Gasteiger partial charge in [-0.25, -0.2) is 0 Å². The number of alkyl halides is 3. The molecule has 0 atom stereocenters. The number of ether oxygens (including phenoxy) is 3. The summed E-state index contributed by atoms with van der Waals surface area (Å²) in [5, 5.41) is 10.8. The third-order valence-corrected chi connectivity index (χ3v) is 6.48. The van der Waals surface area contributed by atoms with E-state index >= 15 is 0 Å². The highest BCUT2D eigenvalue weighted by molar-refractivity contribution is 8.27. The van der Waals surface area contributed by atoms with Gasteiger partial charge in [-0.3, -0.25) is 10.2 Å². The van der Waals surface area contributed by atoms with Crippen molar-refractivity contribution in [3.8, 4) is 17.2 Å². The molecule has 0 bridgehead atoms. The van der Waals surface area contributed by atoms with Crippen molar-refractivity contribution in [1.29, 1.82) is 5.41 Å². The van der Waals surface area contributed by atoms with Crippen LogP contribution in [0.4, 0.5) is 13.2 Å². The van der Waals surface area contributed by atoms with Gasteiger partial charge in [-0.2, -0.15) is 28.3 Å². The largest absolute Gasteiger partial charge is 0.493 e. The molecular weight excluding hydrogens is 521 g/mol. The van der Waals surface area contributed by atoms with Crippen LogP contribution in [0, 0.1) is 5.41 Å². The Bertz CT molecular complexity index is 1350. The maximum Gasteiger partial charge on any atom is 0.441 e. The molecule has 12 heteroatoms.